The van der Waals surface area contributed by atoms with E-state index in [0.29, 0.717) is 94.9 Å². The average Bonchev–Trinajstić information content (AvgIpc) is 0.740. The number of anilines is 1. The number of H-pyrrole nitrogens is 2. The van der Waals surface area contributed by atoms with Gasteiger partial charge in [0, 0.05) is 79.7 Å². The van der Waals surface area contributed by atoms with Crippen LogP contribution in [0.1, 0.15) is 136 Å². The fourth-order valence-corrected chi connectivity index (χ4v) is 24.6. The number of nitrogens with zero attached hydrogens (tertiary/aromatic N) is 2. The number of aliphatic hydroxyl groups is 8. The highest BCUT2D eigenvalue weighted by Crippen LogP contribution is 2.83. The number of rotatable bonds is 18. The molecule has 8 fully saturated rings. The summed E-state index contributed by atoms with van der Waals surface area (Å²) >= 11 is 0. The van der Waals surface area contributed by atoms with Crippen LogP contribution < -0.4 is 27.0 Å². The normalized spacial score (nSPS) is 47.5. The number of amides is 1. The van der Waals surface area contributed by atoms with Crippen LogP contribution in [0.25, 0.3) is 0 Å². The number of aromatic nitrogens is 4. The van der Waals surface area contributed by atoms with E-state index < -0.39 is 170 Å². The number of aliphatic carboxylic acids is 1. The number of nitrogens with one attached hydrogen (secondary N) is 6. The first-order valence-electron chi connectivity index (χ1n) is 35.9. The molecule has 14 rings (SSSR count). The third kappa shape index (κ3) is 9.26. The number of carboxylic acid groups (broad SMARTS) is 1. The number of carbonyl (C=O) groups excluding carboxylic acids is 1. The molecule has 22 heteroatoms. The van der Waals surface area contributed by atoms with Crippen molar-refractivity contribution >= 4 is 17.7 Å². The Kier molecular flexibility index (Phi) is 17.3. The predicted molar refractivity (Wildman–Crippen MR) is 347 cm³/mol. The van der Waals surface area contributed by atoms with Gasteiger partial charge in [-0.25, -0.2) is 9.97 Å². The molecule has 12 aliphatic rings. The van der Waals surface area contributed by atoms with Gasteiger partial charge in [-0.3, -0.25) is 9.59 Å². The van der Waals surface area contributed by atoms with Crippen molar-refractivity contribution in [3.8, 4) is 11.8 Å². The van der Waals surface area contributed by atoms with Crippen LogP contribution in [0.2, 0.25) is 0 Å². The van der Waals surface area contributed by atoms with Gasteiger partial charge in [0.2, 0.25) is 5.91 Å². The summed E-state index contributed by atoms with van der Waals surface area (Å²) in [6.07, 6.45) is 8.53. The fourth-order valence-electron chi connectivity index (χ4n) is 24.6. The molecule has 28 atom stereocenters. The van der Waals surface area contributed by atoms with Crippen LogP contribution in [0.5, 0.6) is 0 Å². The lowest BCUT2D eigenvalue weighted by Crippen LogP contribution is -2.78. The summed E-state index contributed by atoms with van der Waals surface area (Å²) in [6, 6.07) is -0.915. The fraction of sp³-hybridized carbons (Fsp3) is 0.806. The smallest absolute Gasteiger partial charge is 0.310 e. The van der Waals surface area contributed by atoms with E-state index in [0.717, 1.165) is 49.9 Å². The summed E-state index contributed by atoms with van der Waals surface area (Å²) < 4.78 is 13.3. The van der Waals surface area contributed by atoms with E-state index in [1.807, 2.05) is 13.0 Å². The highest BCUT2D eigenvalue weighted by molar-refractivity contribution is 5.88. The monoisotopic (exact) mass is 1310 g/mol. The topological polar surface area (TPSA) is 366 Å². The van der Waals surface area contributed by atoms with Crippen LogP contribution in [-0.2, 0) is 30.9 Å². The van der Waals surface area contributed by atoms with Crippen molar-refractivity contribution in [1.82, 2.24) is 35.9 Å². The number of carbonyl (C=O) groups is 2. The van der Waals surface area contributed by atoms with E-state index in [9.17, 15) is 50.8 Å². The lowest BCUT2D eigenvalue weighted by molar-refractivity contribution is -0.356. The van der Waals surface area contributed by atoms with E-state index in [-0.39, 0.29) is 37.5 Å². The zero-order valence-corrected chi connectivity index (χ0v) is 55.9. The first kappa shape index (κ1) is 66.9. The van der Waals surface area contributed by atoms with Crippen LogP contribution in [0, 0.1) is 127 Å². The number of hydrogen-bond acceptors (Lipinski definition) is 18. The van der Waals surface area contributed by atoms with E-state index in [4.69, 9.17) is 20.2 Å². The van der Waals surface area contributed by atoms with Gasteiger partial charge in [-0.15, -0.1) is 0 Å². The maximum atomic E-state index is 16.4. The molecule has 0 bridgehead atoms. The maximum absolute atomic E-state index is 16.4. The molecule has 3 aliphatic heterocycles. The minimum Gasteiger partial charge on any atom is -0.481 e. The molecule has 0 unspecified atom stereocenters. The number of allylic oxidation sites excluding steroid dienone is 3. The number of fused-ring (bicyclic) bond motifs is 9. The van der Waals surface area contributed by atoms with Gasteiger partial charge in [-0.05, 0) is 146 Å². The molecule has 2 aromatic rings. The summed E-state index contributed by atoms with van der Waals surface area (Å²) in [6.45, 7) is 14.9. The molecule has 9 aliphatic carbocycles. The van der Waals surface area contributed by atoms with Crippen LogP contribution in [0.4, 0.5) is 5.82 Å². The third-order valence-corrected chi connectivity index (χ3v) is 29.0. The van der Waals surface area contributed by atoms with E-state index in [1.165, 1.54) is 0 Å². The SMILES string of the molecule is CC(C)CCNCCNC[C@H]([C@@H](N)O)[C@H](O)[C@]1(c2cnc[nH]2)C=C[C@H]2[C@H]3[C@@H]1NC(=O)[C@]31CCC[C@@H]1C#C[C@H]1C=C3[C@@H]4C[C@@](C)(CO)CC[C@]4(C(=O)O)[C@@H]4CNc5nc[nH]c5C[C@@H]4[C@@]3(C)[C@]3(C)CC[C@@H]4[C@](C)(CO)[C@H](O[C@@H]5OC[C@@H](O)[C@H](O)[C@H]5O)[C@H](O)[C@H]2[C@]4(C2CCCC2)[C@@H]13. The van der Waals surface area contributed by atoms with Crippen molar-refractivity contribution in [1.29, 1.82) is 0 Å². The summed E-state index contributed by atoms with van der Waals surface area (Å²) in [7, 11) is 0. The van der Waals surface area contributed by atoms with Gasteiger partial charge in [0.15, 0.2) is 6.29 Å². The molecular weight excluding hydrogens is 1200 g/mol. The molecule has 1 spiro atoms. The second-order valence-corrected chi connectivity index (χ2v) is 33.2. The minimum atomic E-state index is -1.73. The number of carboxylic acids is 1. The van der Waals surface area contributed by atoms with Crippen LogP contribution in [-0.4, -0.2) is 185 Å². The van der Waals surface area contributed by atoms with Gasteiger partial charge in [0.1, 0.15) is 30.4 Å². The standard InChI is InChI=1S/C72H107N9O13/c1-37(2)17-23-74-24-25-75-29-42(60(73)89)58(88)71(50-31-76-35-79-50)20-15-41-51-54(86)59(94-62-55(87)53(85)48(84)32-93-62)66(4,34-83)49-16-19-67(5)56(72(49,51)40-10-7-8-11-40)38(13-14-39-12-9-18-69(39)52(41)57(71)81-63(69)90)26-43-45-28-65(3,33-82)21-22-70(45,64(91)92)46-30-77-61-47(78-36-80-61)27-44(46)68(43,67)6/h15,20,26,31,35-42,44-46,48-49,51-60,62,74-75,77,82-89H,7-12,16-19,21-25,27-30,32-34,73H2,1-6H3,(H,76,79)(H,78,80)(H,81,90)(H,91,92)/t38-,39+,41+,42-,44-,45-,46+,48+,49+,51-,52-,53-,54+,55+,56-,57-,58-,59+,60-,62-,65-,66-,67+,68-,69-,70+,71-,72+/m0/s1. The van der Waals surface area contributed by atoms with E-state index in [2.05, 4.69) is 94.8 Å². The van der Waals surface area contributed by atoms with Crippen molar-refractivity contribution in [2.45, 2.75) is 192 Å². The quantitative estimate of drug-likeness (QED) is 0.0335. The number of aromatic amines is 2. The second kappa shape index (κ2) is 24.2. The Morgan fingerprint density at radius 1 is 0.894 bits per heavy atom. The van der Waals surface area contributed by atoms with Crippen molar-refractivity contribution in [3.63, 3.8) is 0 Å². The highest BCUT2D eigenvalue weighted by atomic mass is 16.7. The van der Waals surface area contributed by atoms with Crippen LogP contribution in [0.3, 0.4) is 0 Å². The first-order chi connectivity index (χ1) is 44.9. The Hall–Kier alpha value is -4.32. The molecule has 1 amide bonds. The number of nitrogens with two attached hydrogens (primary N) is 1. The van der Waals surface area contributed by atoms with Crippen molar-refractivity contribution < 1.29 is 65.0 Å². The largest absolute Gasteiger partial charge is 0.481 e. The number of hydrogen-bond donors (Lipinski definition) is 16. The summed E-state index contributed by atoms with van der Waals surface area (Å²) in [5, 5.41) is 125. The second-order valence-electron chi connectivity index (χ2n) is 33.2. The molecule has 17 N–H and O–H groups in total. The molecule has 2 aromatic heterocycles. The minimum absolute atomic E-state index is 0.104. The number of imidazole rings is 2. The summed E-state index contributed by atoms with van der Waals surface area (Å²) in [5.74, 6) is 1.84. The van der Waals surface area contributed by atoms with Gasteiger partial charge >= 0.3 is 5.97 Å². The third-order valence-electron chi connectivity index (χ3n) is 29.0. The zero-order chi connectivity index (χ0) is 66.5. The molecule has 518 valence electrons. The number of ether oxygens (including phenoxy) is 2. The molecule has 22 nitrogen and oxygen atoms in total. The van der Waals surface area contributed by atoms with E-state index in [1.54, 1.807) is 18.9 Å². The predicted octanol–water partition coefficient (Wildman–Crippen LogP) is 3.32. The Labute approximate surface area is 552 Å². The zero-order valence-electron chi connectivity index (χ0n) is 55.9. The van der Waals surface area contributed by atoms with Gasteiger partial charge < -0.3 is 92.4 Å². The molecule has 2 saturated heterocycles. The molecular formula is C72H107N9O13. The van der Waals surface area contributed by atoms with Crippen molar-refractivity contribution in [2.75, 3.05) is 57.9 Å². The van der Waals surface area contributed by atoms with Gasteiger partial charge in [0.25, 0.3) is 0 Å². The van der Waals surface area contributed by atoms with Crippen LogP contribution >= 0.6 is 0 Å². The maximum Gasteiger partial charge on any atom is 0.310 e. The summed E-state index contributed by atoms with van der Waals surface area (Å²) in [4.78, 5) is 47.7. The Morgan fingerprint density at radius 2 is 1.67 bits per heavy atom. The van der Waals surface area contributed by atoms with Crippen molar-refractivity contribution in [2.24, 2.45) is 121 Å². The Morgan fingerprint density at radius 3 is 2.38 bits per heavy atom. The van der Waals surface area contributed by atoms with Gasteiger partial charge in [-0.1, -0.05) is 96.4 Å². The van der Waals surface area contributed by atoms with E-state index >= 15 is 4.79 Å². The highest BCUT2D eigenvalue weighted by Gasteiger charge is 2.82. The molecule has 5 heterocycles. The van der Waals surface area contributed by atoms with Crippen molar-refractivity contribution in [3.05, 3.63) is 54.0 Å². The molecule has 0 aromatic carbocycles. The molecule has 94 heavy (non-hydrogen) atoms. The lowest BCUT2D eigenvalue weighted by atomic mass is 9.25. The van der Waals surface area contributed by atoms with Crippen LogP contribution in [0.15, 0.2) is 42.7 Å². The van der Waals surface area contributed by atoms with Gasteiger partial charge in [-0.2, -0.15) is 0 Å². The van der Waals surface area contributed by atoms with Gasteiger partial charge in [0.05, 0.1) is 72.2 Å². The molecule has 6 saturated carbocycles. The Bertz CT molecular complexity index is 3280. The number of aliphatic hydroxyl groups excluding tert-OH is 8. The lowest BCUT2D eigenvalue weighted by Gasteiger charge is -2.78. The molecule has 0 radical (unpaired) electrons. The Balaban J connectivity index is 1.03. The average molecular weight is 1310 g/mol. The first-order valence-corrected chi connectivity index (χ1v) is 35.9. The summed E-state index contributed by atoms with van der Waals surface area (Å²) in [5.41, 5.74) is 0.796.